The minimum atomic E-state index is -4.42. The van der Waals surface area contributed by atoms with Gasteiger partial charge < -0.3 is 20.9 Å². The number of nitrogens with one attached hydrogen (secondary N) is 4. The summed E-state index contributed by atoms with van der Waals surface area (Å²) < 4.78 is 42.4. The Hall–Kier alpha value is -3.11. The normalized spacial score (nSPS) is 30.7. The van der Waals surface area contributed by atoms with E-state index in [9.17, 15) is 32.0 Å². The van der Waals surface area contributed by atoms with Crippen molar-refractivity contribution in [3.8, 4) is 0 Å². The number of hydrogen-bond acceptors (Lipinski definition) is 8. The number of carbonyl (C=O) groups is 5. The lowest BCUT2D eigenvalue weighted by Gasteiger charge is -2.40. The molecule has 2 spiro atoms. The van der Waals surface area contributed by atoms with Crippen LogP contribution in [0.2, 0.25) is 0 Å². The molecule has 16 heteroatoms. The van der Waals surface area contributed by atoms with Crippen LogP contribution in [0.25, 0.3) is 0 Å². The number of amides is 5. The lowest BCUT2D eigenvalue weighted by Crippen LogP contribution is -2.63. The average molecular weight is 876 g/mol. The Bertz CT molecular complexity index is 1830. The summed E-state index contributed by atoms with van der Waals surface area (Å²) in [5.41, 5.74) is -3.05. The van der Waals surface area contributed by atoms with Gasteiger partial charge in [0, 0.05) is 37.0 Å². The summed E-state index contributed by atoms with van der Waals surface area (Å²) in [6, 6.07) is -3.08. The maximum Gasteiger partial charge on any atom is 0.303 e. The molecule has 2 aliphatic heterocycles. The zero-order valence-electron chi connectivity index (χ0n) is 38.0. The second-order valence-electron chi connectivity index (χ2n) is 21.0. The highest BCUT2D eigenvalue weighted by molar-refractivity contribution is 7.87. The predicted molar refractivity (Wildman–Crippen MR) is 231 cm³/mol. The van der Waals surface area contributed by atoms with Gasteiger partial charge in [0.25, 0.3) is 5.91 Å². The number of alkyl halides is 1. The molecule has 61 heavy (non-hydrogen) atoms. The van der Waals surface area contributed by atoms with Gasteiger partial charge in [-0.15, -0.1) is 6.58 Å². The van der Waals surface area contributed by atoms with E-state index in [4.69, 9.17) is 0 Å². The molecule has 7 atom stereocenters. The van der Waals surface area contributed by atoms with Crippen LogP contribution in [0.4, 0.5) is 4.39 Å². The standard InChI is InChI=1S/C45H74FN7O7S/c1-10-31-26-45(31,40(58)50-61(59,60)51(11-2)25-23-46)49-37(55)33-27-44(42(8,9)43(44)21-17-22-43)28-53(33)39(57)35(41(5,6)7)48-38(56)34(30-18-13-12-14-19-30)47-36(54)32-20-15-16-24-52(32)29(3)4/h10,29-35H,1,11-28H2,2-9H3,(H,47,54)(H,48,56)(H,49,55)(H,50,58)/t31-,32+,33+,34+,35-,44?,45-/m1/s1. The molecule has 6 rings (SSSR count). The fourth-order valence-electron chi connectivity index (χ4n) is 12.2. The van der Waals surface area contributed by atoms with Crippen LogP contribution in [0.1, 0.15) is 139 Å². The van der Waals surface area contributed by atoms with Crippen molar-refractivity contribution in [2.24, 2.45) is 33.5 Å². The van der Waals surface area contributed by atoms with Crippen molar-refractivity contribution in [1.29, 1.82) is 0 Å². The van der Waals surface area contributed by atoms with Gasteiger partial charge in [-0.05, 0) is 93.9 Å². The Kier molecular flexibility index (Phi) is 13.6. The van der Waals surface area contributed by atoms with E-state index in [2.05, 4.69) is 59.8 Å². The molecule has 0 aromatic heterocycles. The van der Waals surface area contributed by atoms with Crippen LogP contribution < -0.4 is 20.7 Å². The van der Waals surface area contributed by atoms with Crippen molar-refractivity contribution < 1.29 is 36.8 Å². The minimum absolute atomic E-state index is 0.0558. The molecule has 344 valence electrons. The Morgan fingerprint density at radius 2 is 1.56 bits per heavy atom. The first-order chi connectivity index (χ1) is 28.6. The lowest BCUT2D eigenvalue weighted by molar-refractivity contribution is -0.145. The highest BCUT2D eigenvalue weighted by Crippen LogP contribution is 2.88. The van der Waals surface area contributed by atoms with E-state index in [-0.39, 0.29) is 53.1 Å². The monoisotopic (exact) mass is 876 g/mol. The topological polar surface area (TPSA) is 177 Å². The van der Waals surface area contributed by atoms with E-state index in [1.165, 1.54) is 13.0 Å². The summed E-state index contributed by atoms with van der Waals surface area (Å²) in [7, 11) is -4.42. The first kappa shape index (κ1) is 47.4. The maximum absolute atomic E-state index is 15.3. The molecule has 4 aliphatic carbocycles. The molecule has 2 heterocycles. The number of nitrogens with zero attached hydrogens (tertiary/aromatic N) is 3. The minimum Gasteiger partial charge on any atom is -0.343 e. The van der Waals surface area contributed by atoms with E-state index in [1.807, 2.05) is 20.8 Å². The van der Waals surface area contributed by atoms with Crippen LogP contribution in [0.5, 0.6) is 0 Å². The first-order valence-electron chi connectivity index (χ1n) is 23.1. The molecular formula is C45H74FN7O7S. The van der Waals surface area contributed by atoms with Gasteiger partial charge in [-0.2, -0.15) is 12.7 Å². The summed E-state index contributed by atoms with van der Waals surface area (Å²) in [6.07, 6.45) is 12.2. The summed E-state index contributed by atoms with van der Waals surface area (Å²) in [6.45, 7) is 19.2. The Labute approximate surface area is 363 Å². The third kappa shape index (κ3) is 8.39. The third-order valence-electron chi connectivity index (χ3n) is 16.3. The molecular weight excluding hydrogens is 802 g/mol. The van der Waals surface area contributed by atoms with E-state index in [0.29, 0.717) is 19.4 Å². The van der Waals surface area contributed by atoms with Gasteiger partial charge in [-0.25, -0.2) is 9.11 Å². The Morgan fingerprint density at radius 1 is 0.902 bits per heavy atom. The number of likely N-dealkylation sites (tertiary alicyclic amines) is 2. The van der Waals surface area contributed by atoms with Crippen molar-refractivity contribution in [1.82, 2.24) is 34.8 Å². The average Bonchev–Trinajstić information content (AvgIpc) is 3.92. The second kappa shape index (κ2) is 17.5. The van der Waals surface area contributed by atoms with Crippen LogP contribution in [0.15, 0.2) is 12.7 Å². The fourth-order valence-corrected chi connectivity index (χ4v) is 13.4. The smallest absolute Gasteiger partial charge is 0.303 e. The summed E-state index contributed by atoms with van der Waals surface area (Å²) in [5.74, 6) is -3.18. The molecule has 0 aromatic rings. The van der Waals surface area contributed by atoms with Gasteiger partial charge in [0.15, 0.2) is 0 Å². The molecule has 4 saturated carbocycles. The molecule has 0 radical (unpaired) electrons. The molecule has 0 aromatic carbocycles. The van der Waals surface area contributed by atoms with E-state index in [0.717, 1.165) is 75.1 Å². The SMILES string of the molecule is C=C[C@@H]1C[C@]1(NC(=O)[C@@H]1CC2(CN1C(=O)[C@@H](NC(=O)[C@@H](NC(=O)[C@@H]1CCCCN1C(C)C)C1CCCCC1)C(C)(C)C)C(C)(C)C21CCC1)C(=O)NS(=O)(=O)N(CC)CCF. The molecule has 14 nitrogen and oxygen atoms in total. The van der Waals surface area contributed by atoms with Crippen LogP contribution >= 0.6 is 0 Å². The van der Waals surface area contributed by atoms with Gasteiger partial charge in [0.1, 0.15) is 30.3 Å². The number of carbonyl (C=O) groups excluding carboxylic acids is 5. The van der Waals surface area contributed by atoms with E-state index in [1.54, 1.807) is 4.90 Å². The van der Waals surface area contributed by atoms with Crippen LogP contribution in [0.3, 0.4) is 0 Å². The Balaban J connectivity index is 1.28. The van der Waals surface area contributed by atoms with E-state index < -0.39 is 82.1 Å². The number of rotatable bonds is 16. The molecule has 0 bridgehead atoms. The van der Waals surface area contributed by atoms with Crippen molar-refractivity contribution in [2.75, 3.05) is 32.9 Å². The predicted octanol–water partition coefficient (Wildman–Crippen LogP) is 4.36. The first-order valence-corrected chi connectivity index (χ1v) is 24.5. The molecule has 6 fully saturated rings. The summed E-state index contributed by atoms with van der Waals surface area (Å²) in [5, 5.41) is 9.21. The number of hydrogen-bond donors (Lipinski definition) is 4. The zero-order chi connectivity index (χ0) is 44.9. The van der Waals surface area contributed by atoms with Gasteiger partial charge in [-0.1, -0.05) is 79.7 Å². The highest BCUT2D eigenvalue weighted by Gasteiger charge is 2.85. The van der Waals surface area contributed by atoms with E-state index >= 15 is 4.79 Å². The van der Waals surface area contributed by atoms with Crippen molar-refractivity contribution in [3.05, 3.63) is 12.7 Å². The zero-order valence-corrected chi connectivity index (χ0v) is 38.9. The Morgan fingerprint density at radius 3 is 2.08 bits per heavy atom. The lowest BCUT2D eigenvalue weighted by atomic mass is 9.73. The second-order valence-corrected chi connectivity index (χ2v) is 22.7. The summed E-state index contributed by atoms with van der Waals surface area (Å²) in [4.78, 5) is 76.5. The third-order valence-corrected chi connectivity index (χ3v) is 17.9. The van der Waals surface area contributed by atoms with Crippen molar-refractivity contribution in [3.63, 3.8) is 0 Å². The summed E-state index contributed by atoms with van der Waals surface area (Å²) >= 11 is 0. The van der Waals surface area contributed by atoms with Gasteiger partial charge >= 0.3 is 10.2 Å². The number of fused-ring (bicyclic) bond motifs is 1. The van der Waals surface area contributed by atoms with Gasteiger partial charge in [0.05, 0.1) is 6.04 Å². The van der Waals surface area contributed by atoms with Crippen LogP contribution in [0, 0.1) is 33.5 Å². The molecule has 6 aliphatic rings. The van der Waals surface area contributed by atoms with Crippen LogP contribution in [-0.4, -0.2) is 121 Å². The largest absolute Gasteiger partial charge is 0.343 e. The molecule has 2 saturated heterocycles. The number of piperidine rings is 1. The van der Waals surface area contributed by atoms with Gasteiger partial charge in [-0.3, -0.25) is 28.9 Å². The highest BCUT2D eigenvalue weighted by atomic mass is 32.2. The van der Waals surface area contributed by atoms with Crippen LogP contribution in [-0.2, 0) is 34.2 Å². The van der Waals surface area contributed by atoms with Crippen molar-refractivity contribution >= 4 is 39.7 Å². The molecule has 5 amide bonds. The molecule has 1 unspecified atom stereocenters. The van der Waals surface area contributed by atoms with Gasteiger partial charge in [0.2, 0.25) is 23.6 Å². The maximum atomic E-state index is 15.3. The number of halogens is 1. The fraction of sp³-hybridized carbons (Fsp3) is 0.844. The molecule has 4 N–H and O–H groups in total. The van der Waals surface area contributed by atoms with Crippen molar-refractivity contribution in [2.45, 2.75) is 175 Å². The quantitative estimate of drug-likeness (QED) is 0.166.